The number of amides is 1. The van der Waals surface area contributed by atoms with E-state index in [1.165, 1.54) is 38.5 Å². The summed E-state index contributed by atoms with van der Waals surface area (Å²) in [5.74, 6) is 2.91. The number of hydrogen-bond acceptors (Lipinski definition) is 2. The van der Waals surface area contributed by atoms with Crippen LogP contribution in [0.3, 0.4) is 0 Å². The van der Waals surface area contributed by atoms with Crippen LogP contribution in [-0.4, -0.2) is 25.0 Å². The van der Waals surface area contributed by atoms with Gasteiger partial charge in [0.05, 0.1) is 6.04 Å². The molecule has 1 atom stereocenters. The number of carbonyl (C=O) groups is 1. The molecular formula is C14H24N2O. The van der Waals surface area contributed by atoms with Crippen molar-refractivity contribution in [3.8, 4) is 0 Å². The van der Waals surface area contributed by atoms with Crippen molar-refractivity contribution in [2.75, 3.05) is 13.1 Å². The second-order valence-electron chi connectivity index (χ2n) is 6.09. The molecule has 2 aliphatic carbocycles. The molecule has 3 heteroatoms. The lowest BCUT2D eigenvalue weighted by Crippen LogP contribution is -2.47. The van der Waals surface area contributed by atoms with E-state index in [2.05, 4.69) is 10.6 Å². The van der Waals surface area contributed by atoms with Gasteiger partial charge in [0.2, 0.25) is 5.91 Å². The van der Waals surface area contributed by atoms with Gasteiger partial charge in [-0.15, -0.1) is 0 Å². The summed E-state index contributed by atoms with van der Waals surface area (Å²) >= 11 is 0. The van der Waals surface area contributed by atoms with Gasteiger partial charge in [0.15, 0.2) is 0 Å². The molecule has 0 spiro atoms. The molecule has 3 rings (SSSR count). The van der Waals surface area contributed by atoms with Gasteiger partial charge >= 0.3 is 0 Å². The molecule has 1 saturated heterocycles. The summed E-state index contributed by atoms with van der Waals surface area (Å²) in [6.45, 7) is 1.94. The zero-order valence-electron chi connectivity index (χ0n) is 10.6. The minimum absolute atomic E-state index is 0.0859. The standard InChI is InChI=1S/C14H24N2O/c17-14(13-3-1-2-8-15-13)16-9-12(10-4-5-10)11-6-7-11/h10-13,15H,1-9H2,(H,16,17)/t13-/m0/s1. The number of hydrogen-bond donors (Lipinski definition) is 2. The molecule has 0 aromatic rings. The number of piperidine rings is 1. The average molecular weight is 236 g/mol. The quantitative estimate of drug-likeness (QED) is 0.762. The molecule has 1 aliphatic heterocycles. The fourth-order valence-corrected chi connectivity index (χ4v) is 3.18. The zero-order chi connectivity index (χ0) is 11.7. The second-order valence-corrected chi connectivity index (χ2v) is 6.09. The maximum atomic E-state index is 12.0. The van der Waals surface area contributed by atoms with Crippen molar-refractivity contribution >= 4 is 5.91 Å². The lowest BCUT2D eigenvalue weighted by molar-refractivity contribution is -0.123. The van der Waals surface area contributed by atoms with E-state index in [1.54, 1.807) is 0 Å². The fraction of sp³-hybridized carbons (Fsp3) is 0.929. The van der Waals surface area contributed by atoms with E-state index in [9.17, 15) is 4.79 Å². The van der Waals surface area contributed by atoms with E-state index >= 15 is 0 Å². The van der Waals surface area contributed by atoms with Gasteiger partial charge in [-0.3, -0.25) is 4.79 Å². The Kier molecular flexibility index (Phi) is 3.37. The molecule has 1 heterocycles. The molecule has 3 aliphatic rings. The number of rotatable bonds is 5. The van der Waals surface area contributed by atoms with Crippen LogP contribution >= 0.6 is 0 Å². The predicted octanol–water partition coefficient (Wildman–Crippen LogP) is 1.68. The van der Waals surface area contributed by atoms with Gasteiger partial charge in [-0.05, 0) is 62.8 Å². The highest BCUT2D eigenvalue weighted by Gasteiger charge is 2.41. The van der Waals surface area contributed by atoms with Crippen molar-refractivity contribution in [2.45, 2.75) is 51.0 Å². The van der Waals surface area contributed by atoms with Crippen LogP contribution in [0, 0.1) is 17.8 Å². The fourth-order valence-electron chi connectivity index (χ4n) is 3.18. The first kappa shape index (κ1) is 11.5. The van der Waals surface area contributed by atoms with Crippen molar-refractivity contribution in [1.29, 1.82) is 0 Å². The lowest BCUT2D eigenvalue weighted by atomic mass is 9.97. The molecule has 96 valence electrons. The highest BCUT2D eigenvalue weighted by Crippen LogP contribution is 2.48. The second kappa shape index (κ2) is 4.97. The number of nitrogens with one attached hydrogen (secondary N) is 2. The van der Waals surface area contributed by atoms with Crippen molar-refractivity contribution in [2.24, 2.45) is 17.8 Å². The monoisotopic (exact) mass is 236 g/mol. The van der Waals surface area contributed by atoms with Crippen molar-refractivity contribution in [1.82, 2.24) is 10.6 Å². The normalized spacial score (nSPS) is 29.4. The Labute approximate surface area is 104 Å². The SMILES string of the molecule is O=C(NCC(C1CC1)C1CC1)[C@@H]1CCCCN1. The molecule has 3 nitrogen and oxygen atoms in total. The molecule has 2 saturated carbocycles. The summed E-state index contributed by atoms with van der Waals surface area (Å²) in [5, 5.41) is 6.51. The van der Waals surface area contributed by atoms with Gasteiger partial charge in [-0.1, -0.05) is 6.42 Å². The molecule has 1 amide bonds. The summed E-state index contributed by atoms with van der Waals surface area (Å²) in [6.07, 6.45) is 9.04. The van der Waals surface area contributed by atoms with Gasteiger partial charge in [-0.2, -0.15) is 0 Å². The van der Waals surface area contributed by atoms with Gasteiger partial charge in [0.1, 0.15) is 0 Å². The smallest absolute Gasteiger partial charge is 0.237 e. The van der Waals surface area contributed by atoms with Crippen LogP contribution in [-0.2, 0) is 4.79 Å². The Balaban J connectivity index is 1.44. The van der Waals surface area contributed by atoms with Crippen LogP contribution < -0.4 is 10.6 Å². The highest BCUT2D eigenvalue weighted by molar-refractivity contribution is 5.81. The largest absolute Gasteiger partial charge is 0.354 e. The lowest BCUT2D eigenvalue weighted by Gasteiger charge is -2.24. The van der Waals surface area contributed by atoms with Gasteiger partial charge < -0.3 is 10.6 Å². The molecule has 0 aromatic heterocycles. The molecule has 2 N–H and O–H groups in total. The maximum absolute atomic E-state index is 12.0. The third kappa shape index (κ3) is 3.01. The van der Waals surface area contributed by atoms with Gasteiger partial charge in [0.25, 0.3) is 0 Å². The molecule has 0 aromatic carbocycles. The average Bonchev–Trinajstić information content (AvgIpc) is 3.24. The maximum Gasteiger partial charge on any atom is 0.237 e. The van der Waals surface area contributed by atoms with Crippen LogP contribution in [0.2, 0.25) is 0 Å². The van der Waals surface area contributed by atoms with Crippen LogP contribution in [0.5, 0.6) is 0 Å². The highest BCUT2D eigenvalue weighted by atomic mass is 16.2. The van der Waals surface area contributed by atoms with Crippen molar-refractivity contribution < 1.29 is 4.79 Å². The number of carbonyl (C=O) groups excluding carboxylic acids is 1. The van der Waals surface area contributed by atoms with E-state index in [-0.39, 0.29) is 11.9 Å². The van der Waals surface area contributed by atoms with Crippen LogP contribution in [0.25, 0.3) is 0 Å². The van der Waals surface area contributed by atoms with E-state index in [4.69, 9.17) is 0 Å². The Bertz CT molecular complexity index is 266. The molecular weight excluding hydrogens is 212 g/mol. The zero-order valence-corrected chi connectivity index (χ0v) is 10.6. The third-order valence-corrected chi connectivity index (χ3v) is 4.59. The molecule has 0 radical (unpaired) electrons. The first-order valence-electron chi connectivity index (χ1n) is 7.35. The predicted molar refractivity (Wildman–Crippen MR) is 67.6 cm³/mol. The Morgan fingerprint density at radius 1 is 1.12 bits per heavy atom. The van der Waals surface area contributed by atoms with Crippen LogP contribution in [0.15, 0.2) is 0 Å². The van der Waals surface area contributed by atoms with E-state index in [0.29, 0.717) is 0 Å². The molecule has 17 heavy (non-hydrogen) atoms. The summed E-state index contributed by atoms with van der Waals surface area (Å²) in [7, 11) is 0. The Morgan fingerprint density at radius 2 is 1.82 bits per heavy atom. The minimum Gasteiger partial charge on any atom is -0.354 e. The molecule has 3 fully saturated rings. The third-order valence-electron chi connectivity index (χ3n) is 4.59. The van der Waals surface area contributed by atoms with Crippen molar-refractivity contribution in [3.05, 3.63) is 0 Å². The van der Waals surface area contributed by atoms with E-state index < -0.39 is 0 Å². The molecule has 0 bridgehead atoms. The Hall–Kier alpha value is -0.570. The first-order valence-corrected chi connectivity index (χ1v) is 7.35. The van der Waals surface area contributed by atoms with Gasteiger partial charge in [-0.25, -0.2) is 0 Å². The summed E-state index contributed by atoms with van der Waals surface area (Å²) in [5.41, 5.74) is 0. The first-order chi connectivity index (χ1) is 8.34. The Morgan fingerprint density at radius 3 is 2.35 bits per heavy atom. The van der Waals surface area contributed by atoms with E-state index in [0.717, 1.165) is 37.3 Å². The molecule has 0 unspecified atom stereocenters. The topological polar surface area (TPSA) is 41.1 Å². The van der Waals surface area contributed by atoms with E-state index in [1.807, 2.05) is 0 Å². The van der Waals surface area contributed by atoms with Crippen LogP contribution in [0.1, 0.15) is 44.9 Å². The van der Waals surface area contributed by atoms with Crippen molar-refractivity contribution in [3.63, 3.8) is 0 Å². The van der Waals surface area contributed by atoms with Gasteiger partial charge in [0, 0.05) is 6.54 Å². The summed E-state index contributed by atoms with van der Waals surface area (Å²) in [4.78, 5) is 12.0. The van der Waals surface area contributed by atoms with Crippen LogP contribution in [0.4, 0.5) is 0 Å². The summed E-state index contributed by atoms with van der Waals surface area (Å²) < 4.78 is 0. The summed E-state index contributed by atoms with van der Waals surface area (Å²) in [6, 6.07) is 0.0859. The minimum atomic E-state index is 0.0859.